The van der Waals surface area contributed by atoms with Gasteiger partial charge in [0.1, 0.15) is 0 Å². The van der Waals surface area contributed by atoms with Crippen molar-refractivity contribution in [2.24, 2.45) is 0 Å². The molecule has 0 radical (unpaired) electrons. The third-order valence-electron chi connectivity index (χ3n) is 5.20. The van der Waals surface area contributed by atoms with E-state index in [0.717, 1.165) is 17.5 Å². The first-order chi connectivity index (χ1) is 15.0. The summed E-state index contributed by atoms with van der Waals surface area (Å²) in [6.45, 7) is 2.67. The second kappa shape index (κ2) is 10.9. The lowest BCUT2D eigenvalue weighted by molar-refractivity contribution is -0.133. The Bertz CT molecular complexity index is 947. The van der Waals surface area contributed by atoms with Gasteiger partial charge in [0.2, 0.25) is 11.7 Å². The van der Waals surface area contributed by atoms with Gasteiger partial charge < -0.3 is 19.1 Å². The molecule has 1 atom stereocenters. The molecule has 1 amide bonds. The molecule has 1 aromatic heterocycles. The minimum absolute atomic E-state index is 0.0576. The maximum absolute atomic E-state index is 13.5. The summed E-state index contributed by atoms with van der Waals surface area (Å²) in [6.07, 6.45) is 1.07. The molecule has 31 heavy (non-hydrogen) atoms. The number of thiophene rings is 1. The van der Waals surface area contributed by atoms with E-state index in [2.05, 4.69) is 30.5 Å². The van der Waals surface area contributed by atoms with Crippen LogP contribution in [0.5, 0.6) is 17.2 Å². The summed E-state index contributed by atoms with van der Waals surface area (Å²) in [5.41, 5.74) is 1.93. The lowest BCUT2D eigenvalue weighted by atomic mass is 10.1. The highest BCUT2D eigenvalue weighted by atomic mass is 32.1. The van der Waals surface area contributed by atoms with Crippen LogP contribution in [0.2, 0.25) is 0 Å². The average molecular weight is 440 g/mol. The zero-order valence-electron chi connectivity index (χ0n) is 18.5. The van der Waals surface area contributed by atoms with Crippen molar-refractivity contribution in [3.63, 3.8) is 0 Å². The monoisotopic (exact) mass is 439 g/mol. The highest BCUT2D eigenvalue weighted by Gasteiger charge is 2.23. The predicted molar refractivity (Wildman–Crippen MR) is 124 cm³/mol. The number of amides is 1. The van der Waals surface area contributed by atoms with Gasteiger partial charge in [-0.25, -0.2) is 0 Å². The van der Waals surface area contributed by atoms with E-state index >= 15 is 0 Å². The summed E-state index contributed by atoms with van der Waals surface area (Å²) in [5, 5.41) is 2.07. The SMILES string of the molecule is COc1cc(CC(=O)N(Cc2ccccc2)C(C)Cc2cccs2)cc(OC)c1OC. The molecule has 0 aliphatic rings. The molecule has 0 aliphatic carbocycles. The van der Waals surface area contributed by atoms with Crippen LogP contribution in [0, 0.1) is 0 Å². The lowest BCUT2D eigenvalue weighted by Crippen LogP contribution is -2.40. The molecule has 0 saturated carbocycles. The summed E-state index contributed by atoms with van der Waals surface area (Å²) in [4.78, 5) is 16.7. The fourth-order valence-electron chi connectivity index (χ4n) is 3.61. The number of carbonyl (C=O) groups excluding carboxylic acids is 1. The van der Waals surface area contributed by atoms with E-state index in [-0.39, 0.29) is 18.4 Å². The zero-order chi connectivity index (χ0) is 22.2. The van der Waals surface area contributed by atoms with Gasteiger partial charge in [-0.05, 0) is 41.6 Å². The van der Waals surface area contributed by atoms with Crippen LogP contribution in [0.4, 0.5) is 0 Å². The van der Waals surface area contributed by atoms with Crippen molar-refractivity contribution in [3.8, 4) is 17.2 Å². The van der Waals surface area contributed by atoms with Crippen molar-refractivity contribution in [1.29, 1.82) is 0 Å². The second-order valence-corrected chi connectivity index (χ2v) is 8.38. The number of methoxy groups -OCH3 is 3. The first-order valence-electron chi connectivity index (χ1n) is 10.2. The van der Waals surface area contributed by atoms with E-state index in [4.69, 9.17) is 14.2 Å². The number of nitrogens with zero attached hydrogens (tertiary/aromatic N) is 1. The number of hydrogen-bond acceptors (Lipinski definition) is 5. The molecule has 5 nitrogen and oxygen atoms in total. The quantitative estimate of drug-likeness (QED) is 0.447. The molecule has 1 heterocycles. The summed E-state index contributed by atoms with van der Waals surface area (Å²) in [6, 6.07) is 18.0. The fourth-order valence-corrected chi connectivity index (χ4v) is 4.44. The molecule has 0 aliphatic heterocycles. The van der Waals surface area contributed by atoms with Crippen molar-refractivity contribution in [2.45, 2.75) is 32.4 Å². The molecular formula is C25H29NO4S. The molecule has 0 fully saturated rings. The van der Waals surface area contributed by atoms with Gasteiger partial charge in [0.15, 0.2) is 11.5 Å². The first-order valence-corrected chi connectivity index (χ1v) is 11.1. The molecule has 0 saturated heterocycles. The minimum atomic E-state index is 0.0576. The van der Waals surface area contributed by atoms with Crippen molar-refractivity contribution in [2.75, 3.05) is 21.3 Å². The van der Waals surface area contributed by atoms with E-state index in [0.29, 0.717) is 23.8 Å². The Kier molecular flexibility index (Phi) is 7.95. The zero-order valence-corrected chi connectivity index (χ0v) is 19.3. The summed E-state index contributed by atoms with van der Waals surface area (Å²) in [7, 11) is 4.72. The second-order valence-electron chi connectivity index (χ2n) is 7.35. The molecule has 1 unspecified atom stereocenters. The number of rotatable bonds is 10. The van der Waals surface area contributed by atoms with Crippen LogP contribution in [-0.4, -0.2) is 38.2 Å². The third-order valence-corrected chi connectivity index (χ3v) is 6.10. The minimum Gasteiger partial charge on any atom is -0.493 e. The normalized spacial score (nSPS) is 11.6. The number of hydrogen-bond donors (Lipinski definition) is 0. The van der Waals surface area contributed by atoms with Gasteiger partial charge in [0.05, 0.1) is 27.8 Å². The Balaban J connectivity index is 1.85. The van der Waals surface area contributed by atoms with Crippen molar-refractivity contribution in [3.05, 3.63) is 76.0 Å². The maximum atomic E-state index is 13.5. The molecule has 3 rings (SSSR count). The van der Waals surface area contributed by atoms with Gasteiger partial charge in [-0.1, -0.05) is 36.4 Å². The Hall–Kier alpha value is -2.99. The summed E-state index contributed by atoms with van der Waals surface area (Å²) >= 11 is 1.72. The van der Waals surface area contributed by atoms with E-state index in [9.17, 15) is 4.79 Å². The highest BCUT2D eigenvalue weighted by Crippen LogP contribution is 2.38. The van der Waals surface area contributed by atoms with Gasteiger partial charge in [-0.2, -0.15) is 0 Å². The Labute approximate surface area is 188 Å². The standard InChI is InChI=1S/C25H29NO4S/c1-18(13-21-11-8-12-31-21)26(17-19-9-6-5-7-10-19)24(27)16-20-14-22(28-2)25(30-4)23(15-20)29-3/h5-12,14-15,18H,13,16-17H2,1-4H3. The van der Waals surface area contributed by atoms with E-state index in [1.807, 2.05) is 41.3 Å². The predicted octanol–water partition coefficient (Wildman–Crippen LogP) is 4.98. The van der Waals surface area contributed by atoms with Crippen molar-refractivity contribution >= 4 is 17.2 Å². The van der Waals surface area contributed by atoms with Gasteiger partial charge in [-0.15, -0.1) is 11.3 Å². The van der Waals surface area contributed by atoms with E-state index in [1.54, 1.807) is 32.7 Å². The van der Waals surface area contributed by atoms with Crippen LogP contribution in [0.1, 0.15) is 22.9 Å². The topological polar surface area (TPSA) is 48.0 Å². The van der Waals surface area contributed by atoms with Crippen molar-refractivity contribution in [1.82, 2.24) is 4.90 Å². The van der Waals surface area contributed by atoms with Gasteiger partial charge in [-0.3, -0.25) is 4.79 Å². The van der Waals surface area contributed by atoms with Crippen LogP contribution in [0.15, 0.2) is 60.0 Å². The van der Waals surface area contributed by atoms with Crippen LogP contribution in [-0.2, 0) is 24.2 Å². The largest absolute Gasteiger partial charge is 0.493 e. The smallest absolute Gasteiger partial charge is 0.227 e. The number of carbonyl (C=O) groups is 1. The molecule has 164 valence electrons. The molecule has 6 heteroatoms. The van der Waals surface area contributed by atoms with Gasteiger partial charge in [0, 0.05) is 23.9 Å². The Morgan fingerprint density at radius 1 is 0.935 bits per heavy atom. The van der Waals surface area contributed by atoms with Crippen LogP contribution < -0.4 is 14.2 Å². The number of benzene rings is 2. The molecule has 0 spiro atoms. The van der Waals surface area contributed by atoms with Crippen LogP contribution in [0.3, 0.4) is 0 Å². The Morgan fingerprint density at radius 2 is 1.61 bits per heavy atom. The fraction of sp³-hybridized carbons (Fsp3) is 0.320. The van der Waals surface area contributed by atoms with Gasteiger partial charge in [0.25, 0.3) is 0 Å². The molecule has 0 bridgehead atoms. The van der Waals surface area contributed by atoms with E-state index in [1.165, 1.54) is 4.88 Å². The summed E-state index contributed by atoms with van der Waals surface area (Å²) in [5.74, 6) is 1.67. The maximum Gasteiger partial charge on any atom is 0.227 e. The van der Waals surface area contributed by atoms with Crippen LogP contribution in [0.25, 0.3) is 0 Å². The highest BCUT2D eigenvalue weighted by molar-refractivity contribution is 7.09. The molecule has 2 aromatic carbocycles. The molecule has 3 aromatic rings. The van der Waals surface area contributed by atoms with Gasteiger partial charge >= 0.3 is 0 Å². The average Bonchev–Trinajstić information content (AvgIpc) is 3.30. The van der Waals surface area contributed by atoms with Crippen LogP contribution >= 0.6 is 11.3 Å². The molecule has 0 N–H and O–H groups in total. The first kappa shape index (κ1) is 22.7. The lowest BCUT2D eigenvalue weighted by Gasteiger charge is -2.30. The summed E-state index contributed by atoms with van der Waals surface area (Å²) < 4.78 is 16.3. The number of ether oxygens (including phenoxy) is 3. The van der Waals surface area contributed by atoms with E-state index < -0.39 is 0 Å². The molecular weight excluding hydrogens is 410 g/mol. The van der Waals surface area contributed by atoms with Crippen molar-refractivity contribution < 1.29 is 19.0 Å². The third kappa shape index (κ3) is 5.79. The Morgan fingerprint density at radius 3 is 2.16 bits per heavy atom.